The van der Waals surface area contributed by atoms with Gasteiger partial charge in [0.1, 0.15) is 24.4 Å². The van der Waals surface area contributed by atoms with Crippen LogP contribution in [0.3, 0.4) is 0 Å². The largest absolute Gasteiger partial charge is 0.465 e. The third kappa shape index (κ3) is 7.03. The summed E-state index contributed by atoms with van der Waals surface area (Å²) in [6.07, 6.45) is 0. The Bertz CT molecular complexity index is 1160. The maximum absolute atomic E-state index is 13.7. The summed E-state index contributed by atoms with van der Waals surface area (Å²) in [6.45, 7) is 5.95. The first-order chi connectivity index (χ1) is 18.3. The summed E-state index contributed by atoms with van der Waals surface area (Å²) < 4.78 is 15.1. The Labute approximate surface area is 221 Å². The quantitative estimate of drug-likeness (QED) is 0.381. The van der Waals surface area contributed by atoms with E-state index in [-0.39, 0.29) is 63.3 Å². The number of nitrogens with zero attached hydrogens (tertiary/aromatic N) is 4. The second-order valence-corrected chi connectivity index (χ2v) is 8.61. The lowest BCUT2D eigenvalue weighted by Crippen LogP contribution is -2.58. The van der Waals surface area contributed by atoms with E-state index >= 15 is 0 Å². The number of carbonyl (C=O) groups excluding carboxylic acids is 4. The highest BCUT2D eigenvalue weighted by atomic mass is 16.6. The number of benzene rings is 1. The molecule has 204 valence electrons. The van der Waals surface area contributed by atoms with Gasteiger partial charge in [0.2, 0.25) is 0 Å². The molecule has 1 unspecified atom stereocenters. The Morgan fingerprint density at radius 3 is 2.45 bits per heavy atom. The molecule has 1 aromatic heterocycles. The van der Waals surface area contributed by atoms with Crippen LogP contribution in [-0.2, 0) is 19.0 Å². The number of aromatic nitrogens is 2. The number of aryl methyl sites for hydroxylation is 1. The number of ether oxygens (including phenoxy) is 3. The molecule has 0 bridgehead atoms. The van der Waals surface area contributed by atoms with Gasteiger partial charge in [0.25, 0.3) is 5.91 Å². The van der Waals surface area contributed by atoms with E-state index in [2.05, 4.69) is 15.3 Å². The van der Waals surface area contributed by atoms with E-state index < -0.39 is 23.9 Å². The molecular weight excluding hydrogens is 494 g/mol. The summed E-state index contributed by atoms with van der Waals surface area (Å²) in [4.78, 5) is 62.9. The van der Waals surface area contributed by atoms with Crippen LogP contribution in [0.25, 0.3) is 11.4 Å². The van der Waals surface area contributed by atoms with Crippen LogP contribution in [0, 0.1) is 6.92 Å². The standard InChI is InChI=1S/C26H33N5O7/c1-5-37-20(32)15-27-26(35)31-12-11-30(16-17(31)2)24(33)22-21(25(34)38-14-13-36-4)18(3)28-23(29-22)19-9-7-6-8-10-19/h6-10,17H,5,11-16H2,1-4H3,(H,27,35). The summed E-state index contributed by atoms with van der Waals surface area (Å²) in [5.74, 6) is -1.40. The van der Waals surface area contributed by atoms with Crippen LogP contribution in [0.15, 0.2) is 30.3 Å². The normalized spacial score (nSPS) is 15.1. The summed E-state index contributed by atoms with van der Waals surface area (Å²) >= 11 is 0. The highest BCUT2D eigenvalue weighted by molar-refractivity contribution is 6.05. The fourth-order valence-corrected chi connectivity index (χ4v) is 4.03. The number of hydrogen-bond acceptors (Lipinski definition) is 9. The molecule has 2 aromatic rings. The Hall–Kier alpha value is -4.06. The lowest BCUT2D eigenvalue weighted by Gasteiger charge is -2.39. The molecular formula is C26H33N5O7. The van der Waals surface area contributed by atoms with Gasteiger partial charge in [0.15, 0.2) is 5.82 Å². The fraction of sp³-hybridized carbons (Fsp3) is 0.462. The number of amides is 3. The van der Waals surface area contributed by atoms with Crippen LogP contribution in [0.5, 0.6) is 0 Å². The van der Waals surface area contributed by atoms with Gasteiger partial charge < -0.3 is 29.3 Å². The number of rotatable bonds is 9. The third-order valence-corrected chi connectivity index (χ3v) is 5.91. The van der Waals surface area contributed by atoms with Crippen molar-refractivity contribution in [1.29, 1.82) is 0 Å². The molecule has 1 aliphatic heterocycles. The highest BCUT2D eigenvalue weighted by Gasteiger charge is 2.34. The third-order valence-electron chi connectivity index (χ3n) is 5.91. The molecule has 12 heteroatoms. The zero-order valence-corrected chi connectivity index (χ0v) is 22.1. The van der Waals surface area contributed by atoms with E-state index in [0.717, 1.165) is 0 Å². The van der Waals surface area contributed by atoms with Crippen LogP contribution < -0.4 is 5.32 Å². The number of esters is 2. The van der Waals surface area contributed by atoms with Crippen LogP contribution >= 0.6 is 0 Å². The smallest absolute Gasteiger partial charge is 0.342 e. The minimum absolute atomic E-state index is 0.00644. The number of methoxy groups -OCH3 is 1. The molecule has 1 aliphatic rings. The molecule has 1 fully saturated rings. The zero-order valence-electron chi connectivity index (χ0n) is 22.1. The van der Waals surface area contributed by atoms with Gasteiger partial charge in [-0.2, -0.15) is 0 Å². The lowest BCUT2D eigenvalue weighted by atomic mass is 10.1. The zero-order chi connectivity index (χ0) is 27.7. The molecule has 3 amide bonds. The Kier molecular flexibility index (Phi) is 10.1. The lowest BCUT2D eigenvalue weighted by molar-refractivity contribution is -0.141. The van der Waals surface area contributed by atoms with Crippen molar-refractivity contribution in [1.82, 2.24) is 25.1 Å². The average molecular weight is 528 g/mol. The molecule has 1 N–H and O–H groups in total. The van der Waals surface area contributed by atoms with Crippen molar-refractivity contribution >= 4 is 23.9 Å². The maximum Gasteiger partial charge on any atom is 0.342 e. The van der Waals surface area contributed by atoms with Crippen molar-refractivity contribution < 1.29 is 33.4 Å². The van der Waals surface area contributed by atoms with Crippen molar-refractivity contribution in [3.8, 4) is 11.4 Å². The molecule has 0 radical (unpaired) electrons. The number of urea groups is 1. The minimum Gasteiger partial charge on any atom is -0.465 e. The number of hydrogen-bond donors (Lipinski definition) is 1. The SMILES string of the molecule is CCOC(=O)CNC(=O)N1CCN(C(=O)c2nc(-c3ccccc3)nc(C)c2C(=O)OCCOC)CC1C. The first-order valence-electron chi connectivity index (χ1n) is 12.4. The van der Waals surface area contributed by atoms with Crippen molar-refractivity contribution in [3.05, 3.63) is 47.3 Å². The molecule has 12 nitrogen and oxygen atoms in total. The maximum atomic E-state index is 13.7. The van der Waals surface area contributed by atoms with Crippen LogP contribution in [0.4, 0.5) is 4.79 Å². The van der Waals surface area contributed by atoms with Gasteiger partial charge in [-0.25, -0.2) is 19.6 Å². The molecule has 0 spiro atoms. The fourth-order valence-electron chi connectivity index (χ4n) is 4.03. The van der Waals surface area contributed by atoms with Gasteiger partial charge in [-0.3, -0.25) is 9.59 Å². The van der Waals surface area contributed by atoms with E-state index in [9.17, 15) is 19.2 Å². The van der Waals surface area contributed by atoms with E-state index in [4.69, 9.17) is 14.2 Å². The van der Waals surface area contributed by atoms with Crippen molar-refractivity contribution in [3.63, 3.8) is 0 Å². The van der Waals surface area contributed by atoms with Crippen LogP contribution in [0.1, 0.15) is 40.4 Å². The van der Waals surface area contributed by atoms with Crippen LogP contribution in [-0.4, -0.2) is 103 Å². The number of nitrogens with one attached hydrogen (secondary N) is 1. The van der Waals surface area contributed by atoms with Gasteiger partial charge in [0, 0.05) is 38.3 Å². The van der Waals surface area contributed by atoms with Crippen molar-refractivity contribution in [2.45, 2.75) is 26.8 Å². The van der Waals surface area contributed by atoms with Crippen LogP contribution in [0.2, 0.25) is 0 Å². The molecule has 1 aromatic carbocycles. The van der Waals surface area contributed by atoms with Crippen molar-refractivity contribution in [2.75, 3.05) is 53.1 Å². The van der Waals surface area contributed by atoms with Gasteiger partial charge in [-0.05, 0) is 20.8 Å². The summed E-state index contributed by atoms with van der Waals surface area (Å²) in [5, 5.41) is 2.54. The summed E-state index contributed by atoms with van der Waals surface area (Å²) in [5.41, 5.74) is 0.939. The predicted molar refractivity (Wildman–Crippen MR) is 136 cm³/mol. The second-order valence-electron chi connectivity index (χ2n) is 8.61. The van der Waals surface area contributed by atoms with E-state index in [1.165, 1.54) is 7.11 Å². The van der Waals surface area contributed by atoms with E-state index in [0.29, 0.717) is 17.1 Å². The second kappa shape index (κ2) is 13.5. The molecule has 2 heterocycles. The van der Waals surface area contributed by atoms with Crippen molar-refractivity contribution in [2.24, 2.45) is 0 Å². The Morgan fingerprint density at radius 2 is 1.79 bits per heavy atom. The highest BCUT2D eigenvalue weighted by Crippen LogP contribution is 2.22. The molecule has 1 saturated heterocycles. The predicted octanol–water partition coefficient (Wildman–Crippen LogP) is 1.67. The molecule has 1 atom stereocenters. The van der Waals surface area contributed by atoms with Gasteiger partial charge in [-0.15, -0.1) is 0 Å². The first kappa shape index (κ1) is 28.5. The average Bonchev–Trinajstić information content (AvgIpc) is 2.91. The van der Waals surface area contributed by atoms with Gasteiger partial charge >= 0.3 is 18.0 Å². The molecule has 0 saturated carbocycles. The number of carbonyl (C=O) groups is 4. The minimum atomic E-state index is -0.715. The molecule has 3 rings (SSSR count). The van der Waals surface area contributed by atoms with E-state index in [1.807, 2.05) is 30.3 Å². The summed E-state index contributed by atoms with van der Waals surface area (Å²) in [7, 11) is 1.49. The monoisotopic (exact) mass is 527 g/mol. The summed E-state index contributed by atoms with van der Waals surface area (Å²) in [6, 6.07) is 8.36. The Balaban J connectivity index is 1.83. The van der Waals surface area contributed by atoms with Gasteiger partial charge in [0.05, 0.1) is 18.9 Å². The topological polar surface area (TPSA) is 140 Å². The Morgan fingerprint density at radius 1 is 1.05 bits per heavy atom. The number of piperazine rings is 1. The van der Waals surface area contributed by atoms with E-state index in [1.54, 1.807) is 30.6 Å². The first-order valence-corrected chi connectivity index (χ1v) is 12.4. The molecule has 38 heavy (non-hydrogen) atoms. The van der Waals surface area contributed by atoms with Gasteiger partial charge in [-0.1, -0.05) is 30.3 Å². The molecule has 0 aliphatic carbocycles.